The summed E-state index contributed by atoms with van der Waals surface area (Å²) in [6.07, 6.45) is 7.05. The van der Waals surface area contributed by atoms with Crippen LogP contribution in [0.1, 0.15) is 42.8 Å². The van der Waals surface area contributed by atoms with E-state index in [1.165, 1.54) is 11.1 Å². The smallest absolute Gasteiger partial charge is 0.122 e. The zero-order valence-electron chi connectivity index (χ0n) is 13.3. The van der Waals surface area contributed by atoms with Gasteiger partial charge in [0, 0.05) is 38.1 Å². The zero-order valence-corrected chi connectivity index (χ0v) is 13.3. The second kappa shape index (κ2) is 7.07. The molecule has 22 heavy (non-hydrogen) atoms. The fourth-order valence-electron chi connectivity index (χ4n) is 3.49. The first-order valence-electron chi connectivity index (χ1n) is 8.26. The highest BCUT2D eigenvalue weighted by Gasteiger charge is 2.28. The number of nitrogens with zero attached hydrogens (tertiary/aromatic N) is 3. The van der Waals surface area contributed by atoms with E-state index in [1.54, 1.807) is 0 Å². The first kappa shape index (κ1) is 15.3. The Hall–Kier alpha value is -1.65. The molecule has 0 bridgehead atoms. The Bertz CT molecular complexity index is 608. The average molecular weight is 299 g/mol. The molecule has 2 aromatic rings. The monoisotopic (exact) mass is 299 g/mol. The van der Waals surface area contributed by atoms with Crippen LogP contribution in [-0.2, 0) is 19.5 Å². The van der Waals surface area contributed by atoms with E-state index in [1.807, 2.05) is 12.4 Å². The molecule has 3 rings (SSSR count). The molecule has 1 N–H and O–H groups in total. The summed E-state index contributed by atoms with van der Waals surface area (Å²) in [5.41, 5.74) is 2.93. The molecular formula is C18H25N3O. The van der Waals surface area contributed by atoms with Gasteiger partial charge in [-0.05, 0) is 37.3 Å². The Morgan fingerprint density at radius 3 is 3.05 bits per heavy atom. The number of fused-ring (bicyclic) bond motifs is 1. The highest BCUT2D eigenvalue weighted by atomic mass is 16.3. The third-order valence-corrected chi connectivity index (χ3v) is 4.63. The topological polar surface area (TPSA) is 41.3 Å². The van der Waals surface area contributed by atoms with E-state index in [-0.39, 0.29) is 6.61 Å². The van der Waals surface area contributed by atoms with Crippen molar-refractivity contribution < 1.29 is 5.11 Å². The highest BCUT2D eigenvalue weighted by Crippen LogP contribution is 2.36. The van der Waals surface area contributed by atoms with Gasteiger partial charge < -0.3 is 9.67 Å². The number of hydrogen-bond donors (Lipinski definition) is 1. The molecule has 1 atom stereocenters. The Labute approximate surface area is 132 Å². The lowest BCUT2D eigenvalue weighted by Gasteiger charge is -2.29. The highest BCUT2D eigenvalue weighted by molar-refractivity contribution is 5.34. The minimum Gasteiger partial charge on any atom is -0.396 e. The molecule has 4 heteroatoms. The normalized spacial score (nSPS) is 17.1. The van der Waals surface area contributed by atoms with E-state index in [0.29, 0.717) is 6.04 Å². The van der Waals surface area contributed by atoms with Crippen LogP contribution in [0.15, 0.2) is 36.7 Å². The van der Waals surface area contributed by atoms with E-state index in [2.05, 4.69) is 45.6 Å². The predicted octanol–water partition coefficient (Wildman–Crippen LogP) is 2.77. The maximum absolute atomic E-state index is 9.23. The van der Waals surface area contributed by atoms with Gasteiger partial charge in [-0.25, -0.2) is 4.98 Å². The maximum Gasteiger partial charge on any atom is 0.122 e. The van der Waals surface area contributed by atoms with Gasteiger partial charge in [-0.1, -0.05) is 24.3 Å². The largest absolute Gasteiger partial charge is 0.396 e. The molecule has 4 nitrogen and oxygen atoms in total. The third-order valence-electron chi connectivity index (χ3n) is 4.63. The molecule has 1 aromatic carbocycles. The fraction of sp³-hybridized carbons (Fsp3) is 0.500. The Morgan fingerprint density at radius 1 is 1.36 bits per heavy atom. The minimum absolute atomic E-state index is 0.243. The van der Waals surface area contributed by atoms with Gasteiger partial charge in [-0.3, -0.25) is 4.90 Å². The van der Waals surface area contributed by atoms with Crippen molar-refractivity contribution in [2.24, 2.45) is 0 Å². The first-order valence-corrected chi connectivity index (χ1v) is 8.26. The quantitative estimate of drug-likeness (QED) is 0.855. The van der Waals surface area contributed by atoms with Crippen LogP contribution in [-0.4, -0.2) is 32.7 Å². The summed E-state index contributed by atoms with van der Waals surface area (Å²) in [4.78, 5) is 7.00. The van der Waals surface area contributed by atoms with Gasteiger partial charge in [-0.2, -0.15) is 0 Å². The molecule has 1 aromatic heterocycles. The summed E-state index contributed by atoms with van der Waals surface area (Å²) in [5, 5.41) is 9.23. The van der Waals surface area contributed by atoms with Crippen LogP contribution >= 0.6 is 0 Å². The summed E-state index contributed by atoms with van der Waals surface area (Å²) < 4.78 is 2.20. The van der Waals surface area contributed by atoms with Crippen molar-refractivity contribution in [2.45, 2.75) is 45.3 Å². The van der Waals surface area contributed by atoms with Crippen LogP contribution in [0.2, 0.25) is 0 Å². The van der Waals surface area contributed by atoms with Crippen molar-refractivity contribution in [3.05, 3.63) is 53.6 Å². The number of benzene rings is 1. The van der Waals surface area contributed by atoms with E-state index < -0.39 is 0 Å². The number of aliphatic hydroxyl groups is 1. The van der Waals surface area contributed by atoms with Crippen molar-refractivity contribution in [1.29, 1.82) is 0 Å². The van der Waals surface area contributed by atoms with Crippen molar-refractivity contribution in [1.82, 2.24) is 14.5 Å². The standard InChI is InChI=1S/C18H25N3O/c1-2-20-12-10-19-18(20)14-21(11-5-13-22)17-9-8-15-6-3-4-7-16(15)17/h3-4,6-7,10,12,17,22H,2,5,8-9,11,13-14H2,1H3. The molecule has 0 saturated heterocycles. The van der Waals surface area contributed by atoms with Crippen molar-refractivity contribution in [3.8, 4) is 0 Å². The Kier molecular flexibility index (Phi) is 4.90. The molecule has 118 valence electrons. The van der Waals surface area contributed by atoms with Crippen molar-refractivity contribution in [3.63, 3.8) is 0 Å². The van der Waals surface area contributed by atoms with E-state index in [9.17, 15) is 5.11 Å². The molecule has 1 heterocycles. The molecule has 0 amide bonds. The van der Waals surface area contributed by atoms with E-state index >= 15 is 0 Å². The van der Waals surface area contributed by atoms with Gasteiger partial charge in [0.2, 0.25) is 0 Å². The lowest BCUT2D eigenvalue weighted by atomic mass is 10.1. The number of aliphatic hydroxyl groups excluding tert-OH is 1. The average Bonchev–Trinajstić information content (AvgIpc) is 3.17. The second-order valence-electron chi connectivity index (χ2n) is 5.93. The molecule has 1 aliphatic rings. The van der Waals surface area contributed by atoms with Gasteiger partial charge in [0.05, 0.1) is 6.54 Å². The summed E-state index contributed by atoms with van der Waals surface area (Å²) >= 11 is 0. The van der Waals surface area contributed by atoms with Crippen LogP contribution in [0.5, 0.6) is 0 Å². The van der Waals surface area contributed by atoms with Crippen LogP contribution in [0, 0.1) is 0 Å². The number of hydrogen-bond acceptors (Lipinski definition) is 3. The summed E-state index contributed by atoms with van der Waals surface area (Å²) in [6, 6.07) is 9.21. The Balaban J connectivity index is 1.81. The molecule has 0 fully saturated rings. The number of aromatic nitrogens is 2. The lowest BCUT2D eigenvalue weighted by molar-refractivity contribution is 0.160. The fourth-order valence-corrected chi connectivity index (χ4v) is 3.49. The molecular weight excluding hydrogens is 274 g/mol. The van der Waals surface area contributed by atoms with E-state index in [0.717, 1.165) is 44.7 Å². The SMILES string of the molecule is CCn1ccnc1CN(CCCO)C1CCc2ccccc21. The second-order valence-corrected chi connectivity index (χ2v) is 5.93. The summed E-state index contributed by atoms with van der Waals surface area (Å²) in [6.45, 7) is 5.09. The molecule has 0 saturated carbocycles. The van der Waals surface area contributed by atoms with Crippen LogP contribution in [0.3, 0.4) is 0 Å². The van der Waals surface area contributed by atoms with Gasteiger partial charge in [0.15, 0.2) is 0 Å². The third kappa shape index (κ3) is 3.08. The molecule has 0 aliphatic heterocycles. The van der Waals surface area contributed by atoms with Gasteiger partial charge in [0.1, 0.15) is 5.82 Å². The lowest BCUT2D eigenvalue weighted by Crippen LogP contribution is -2.30. The maximum atomic E-state index is 9.23. The first-order chi connectivity index (χ1) is 10.8. The zero-order chi connectivity index (χ0) is 15.4. The Morgan fingerprint density at radius 2 is 2.23 bits per heavy atom. The number of imidazole rings is 1. The van der Waals surface area contributed by atoms with Crippen LogP contribution < -0.4 is 0 Å². The van der Waals surface area contributed by atoms with Crippen molar-refractivity contribution >= 4 is 0 Å². The van der Waals surface area contributed by atoms with Gasteiger partial charge in [-0.15, -0.1) is 0 Å². The predicted molar refractivity (Wildman–Crippen MR) is 87.5 cm³/mol. The molecule has 0 spiro atoms. The van der Waals surface area contributed by atoms with Gasteiger partial charge in [0.25, 0.3) is 0 Å². The molecule has 0 radical (unpaired) electrons. The summed E-state index contributed by atoms with van der Waals surface area (Å²) in [5.74, 6) is 1.12. The number of rotatable bonds is 7. The summed E-state index contributed by atoms with van der Waals surface area (Å²) in [7, 11) is 0. The van der Waals surface area contributed by atoms with Gasteiger partial charge >= 0.3 is 0 Å². The van der Waals surface area contributed by atoms with E-state index in [4.69, 9.17) is 0 Å². The minimum atomic E-state index is 0.243. The van der Waals surface area contributed by atoms with Crippen molar-refractivity contribution in [2.75, 3.05) is 13.2 Å². The molecule has 1 unspecified atom stereocenters. The van der Waals surface area contributed by atoms with Crippen LogP contribution in [0.25, 0.3) is 0 Å². The molecule has 1 aliphatic carbocycles. The van der Waals surface area contributed by atoms with Crippen LogP contribution in [0.4, 0.5) is 0 Å². The number of aryl methyl sites for hydroxylation is 2.